The minimum atomic E-state index is -1.25. The molecular weight excluding hydrogens is 354 g/mol. The van der Waals surface area contributed by atoms with Crippen LogP contribution in [0.3, 0.4) is 0 Å². The second-order valence-corrected chi connectivity index (χ2v) is 5.93. The van der Waals surface area contributed by atoms with E-state index in [1.807, 2.05) is 0 Å². The van der Waals surface area contributed by atoms with Gasteiger partial charge in [0.2, 0.25) is 11.8 Å². The summed E-state index contributed by atoms with van der Waals surface area (Å²) < 4.78 is 0. The van der Waals surface area contributed by atoms with Crippen molar-refractivity contribution < 1.29 is 34.2 Å². The average molecular weight is 375 g/mol. The first-order chi connectivity index (χ1) is 11.7. The highest BCUT2D eigenvalue weighted by atomic mass is 32.2. The first kappa shape index (κ1) is 22.6. The van der Waals surface area contributed by atoms with Crippen LogP contribution in [-0.2, 0) is 24.0 Å². The second-order valence-electron chi connectivity index (χ2n) is 4.83. The van der Waals surface area contributed by atoms with Gasteiger partial charge in [-0.3, -0.25) is 24.0 Å². The fourth-order valence-corrected chi connectivity index (χ4v) is 2.34. The summed E-state index contributed by atoms with van der Waals surface area (Å²) in [6.45, 7) is 1.01. The van der Waals surface area contributed by atoms with E-state index in [2.05, 4.69) is 10.6 Å². The predicted octanol–water partition coefficient (Wildman–Crippen LogP) is -1.30. The minimum Gasteiger partial charge on any atom is -0.480 e. The number of carbonyl (C=O) groups is 5. The van der Waals surface area contributed by atoms with Crippen molar-refractivity contribution in [3.8, 4) is 0 Å². The van der Waals surface area contributed by atoms with E-state index >= 15 is 0 Å². The molecule has 0 aromatic rings. The Morgan fingerprint density at radius 1 is 1.24 bits per heavy atom. The lowest BCUT2D eigenvalue weighted by Crippen LogP contribution is -2.49. The number of rotatable bonds is 12. The van der Waals surface area contributed by atoms with E-state index in [-0.39, 0.29) is 18.6 Å². The highest BCUT2D eigenvalue weighted by Gasteiger charge is 2.22. The number of aldehydes is 1. The van der Waals surface area contributed by atoms with Crippen LogP contribution in [0.2, 0.25) is 0 Å². The van der Waals surface area contributed by atoms with Crippen molar-refractivity contribution in [1.29, 1.82) is 0 Å². The number of hydrogen-bond acceptors (Lipinski definition) is 7. The quantitative estimate of drug-likeness (QED) is 0.205. The maximum Gasteiger partial charge on any atom is 0.322 e. The Morgan fingerprint density at radius 2 is 1.88 bits per heavy atom. The van der Waals surface area contributed by atoms with Crippen LogP contribution in [0, 0.1) is 0 Å². The molecule has 0 fully saturated rings. The smallest absolute Gasteiger partial charge is 0.322 e. The van der Waals surface area contributed by atoms with Crippen molar-refractivity contribution >= 4 is 41.8 Å². The average Bonchev–Trinajstić information content (AvgIpc) is 2.56. The third-order valence-corrected chi connectivity index (χ3v) is 4.05. The van der Waals surface area contributed by atoms with Crippen LogP contribution in [0.15, 0.2) is 11.0 Å². The molecule has 0 saturated carbocycles. The second kappa shape index (κ2) is 12.0. The molecule has 25 heavy (non-hydrogen) atoms. The lowest BCUT2D eigenvalue weighted by atomic mass is 10.1. The van der Waals surface area contributed by atoms with Gasteiger partial charge in [0.1, 0.15) is 18.6 Å². The number of nitrogens with two attached hydrogens (primary N) is 1. The van der Waals surface area contributed by atoms with E-state index in [1.165, 1.54) is 6.08 Å². The Balaban J connectivity index is 4.77. The van der Waals surface area contributed by atoms with Crippen LogP contribution in [0.1, 0.15) is 19.8 Å². The third kappa shape index (κ3) is 10.1. The summed E-state index contributed by atoms with van der Waals surface area (Å²) in [6, 6.07) is -2.29. The molecule has 11 heteroatoms. The molecule has 6 N–H and O–H groups in total. The lowest BCUT2D eigenvalue weighted by molar-refractivity contribution is -0.139. The fraction of sp³-hybridized carbons (Fsp3) is 0.500. The monoisotopic (exact) mass is 375 g/mol. The van der Waals surface area contributed by atoms with Gasteiger partial charge >= 0.3 is 11.9 Å². The summed E-state index contributed by atoms with van der Waals surface area (Å²) in [5, 5.41) is 21.8. The van der Waals surface area contributed by atoms with Gasteiger partial charge in [-0.15, -0.1) is 11.8 Å². The molecule has 0 saturated heterocycles. The van der Waals surface area contributed by atoms with Gasteiger partial charge in [-0.05, 0) is 13.3 Å². The molecule has 10 nitrogen and oxygen atoms in total. The molecule has 0 aliphatic carbocycles. The van der Waals surface area contributed by atoms with Gasteiger partial charge in [0.15, 0.2) is 6.29 Å². The number of carboxylic acids is 2. The first-order valence-electron chi connectivity index (χ1n) is 7.22. The van der Waals surface area contributed by atoms with E-state index in [0.29, 0.717) is 11.2 Å². The van der Waals surface area contributed by atoms with Gasteiger partial charge in [-0.2, -0.15) is 0 Å². The topological polar surface area (TPSA) is 176 Å². The summed E-state index contributed by atoms with van der Waals surface area (Å²) in [4.78, 5) is 56.1. The molecule has 0 bridgehead atoms. The highest BCUT2D eigenvalue weighted by molar-refractivity contribution is 8.03. The maximum atomic E-state index is 12.0. The van der Waals surface area contributed by atoms with Gasteiger partial charge in [-0.25, -0.2) is 0 Å². The van der Waals surface area contributed by atoms with Gasteiger partial charge in [0, 0.05) is 17.1 Å². The molecule has 0 spiro atoms. The Hall–Kier alpha value is -2.40. The molecule has 0 radical (unpaired) electrons. The van der Waals surface area contributed by atoms with Crippen LogP contribution in [-0.4, -0.2) is 64.6 Å². The minimum absolute atomic E-state index is 0.000585. The summed E-state index contributed by atoms with van der Waals surface area (Å²) in [5.74, 6) is -3.84. The normalized spacial score (nSPS) is 13.4. The van der Waals surface area contributed by atoms with Crippen LogP contribution < -0.4 is 16.4 Å². The molecule has 0 aromatic heterocycles. The SMILES string of the molecule is CC=C(C=O)SCC(NC(=O)CCC(N)C(=O)O)C(=O)NCC(=O)O. The number of amides is 2. The zero-order valence-electron chi connectivity index (χ0n) is 13.6. The molecule has 2 amide bonds. The van der Waals surface area contributed by atoms with Crippen molar-refractivity contribution in [2.24, 2.45) is 5.73 Å². The number of aliphatic carboxylic acids is 2. The number of allylic oxidation sites excluding steroid dienone is 2. The highest BCUT2D eigenvalue weighted by Crippen LogP contribution is 2.14. The van der Waals surface area contributed by atoms with Gasteiger partial charge in [0.25, 0.3) is 0 Å². The zero-order chi connectivity index (χ0) is 19.4. The molecule has 2 atom stereocenters. The van der Waals surface area contributed by atoms with Crippen LogP contribution >= 0.6 is 11.8 Å². The van der Waals surface area contributed by atoms with Crippen molar-refractivity contribution in [2.75, 3.05) is 12.3 Å². The number of hydrogen-bond donors (Lipinski definition) is 5. The molecule has 0 heterocycles. The third-order valence-electron chi connectivity index (χ3n) is 2.88. The standard InChI is InChI=1S/C14H21N3O7S/c1-2-8(6-18)25-7-10(13(22)16-5-12(20)21)17-11(19)4-3-9(15)14(23)24/h2,6,9-10H,3-5,7,15H2,1H3,(H,16,22)(H,17,19)(H,20,21)(H,23,24). The summed E-state index contributed by atoms with van der Waals surface area (Å²) in [7, 11) is 0. The zero-order valence-corrected chi connectivity index (χ0v) is 14.4. The first-order valence-corrected chi connectivity index (χ1v) is 8.21. The van der Waals surface area contributed by atoms with Gasteiger partial charge < -0.3 is 26.6 Å². The van der Waals surface area contributed by atoms with Crippen molar-refractivity contribution in [1.82, 2.24) is 10.6 Å². The van der Waals surface area contributed by atoms with E-state index in [0.717, 1.165) is 11.8 Å². The van der Waals surface area contributed by atoms with Crippen LogP contribution in [0.25, 0.3) is 0 Å². The fourth-order valence-electron chi connectivity index (χ4n) is 1.51. The Kier molecular flexibility index (Phi) is 10.9. The van der Waals surface area contributed by atoms with Crippen molar-refractivity contribution in [2.45, 2.75) is 31.8 Å². The molecule has 0 aliphatic rings. The summed E-state index contributed by atoms with van der Waals surface area (Å²) in [5.41, 5.74) is 5.30. The van der Waals surface area contributed by atoms with Gasteiger partial charge in [-0.1, -0.05) is 6.08 Å². The van der Waals surface area contributed by atoms with Gasteiger partial charge in [0.05, 0.1) is 0 Å². The Labute approximate surface area is 148 Å². The van der Waals surface area contributed by atoms with Crippen molar-refractivity contribution in [3.63, 3.8) is 0 Å². The molecule has 140 valence electrons. The number of carboxylic acid groups (broad SMARTS) is 2. The molecular formula is C14H21N3O7S. The summed E-state index contributed by atoms with van der Waals surface area (Å²) in [6.07, 6.45) is 1.78. The molecule has 0 aliphatic heterocycles. The molecule has 2 unspecified atom stereocenters. The van der Waals surface area contributed by atoms with Crippen LogP contribution in [0.5, 0.6) is 0 Å². The maximum absolute atomic E-state index is 12.0. The van der Waals surface area contributed by atoms with E-state index in [9.17, 15) is 24.0 Å². The molecule has 0 rings (SSSR count). The number of nitrogens with one attached hydrogen (secondary N) is 2. The number of thioether (sulfide) groups is 1. The lowest BCUT2D eigenvalue weighted by Gasteiger charge is -2.18. The summed E-state index contributed by atoms with van der Waals surface area (Å²) >= 11 is 1.01. The largest absolute Gasteiger partial charge is 0.480 e. The molecule has 0 aromatic carbocycles. The predicted molar refractivity (Wildman–Crippen MR) is 89.7 cm³/mol. The number of carbonyl (C=O) groups excluding carboxylic acids is 3. The Morgan fingerprint density at radius 3 is 2.36 bits per heavy atom. The van der Waals surface area contributed by atoms with Crippen molar-refractivity contribution in [3.05, 3.63) is 11.0 Å². The van der Waals surface area contributed by atoms with E-state index in [4.69, 9.17) is 15.9 Å². The Bertz CT molecular complexity index is 551. The van der Waals surface area contributed by atoms with E-state index < -0.39 is 42.4 Å². The van der Waals surface area contributed by atoms with E-state index in [1.54, 1.807) is 6.92 Å². The van der Waals surface area contributed by atoms with Crippen LogP contribution in [0.4, 0.5) is 0 Å².